The van der Waals surface area contributed by atoms with Crippen LogP contribution in [0.4, 0.5) is 5.69 Å². The quantitative estimate of drug-likeness (QED) is 0.385. The number of carbonyl (C=O) groups is 1. The van der Waals surface area contributed by atoms with Crippen molar-refractivity contribution in [3.63, 3.8) is 0 Å². The van der Waals surface area contributed by atoms with Crippen LogP contribution in [-0.2, 0) is 0 Å². The van der Waals surface area contributed by atoms with Gasteiger partial charge in [0.2, 0.25) is 5.88 Å². The summed E-state index contributed by atoms with van der Waals surface area (Å²) >= 11 is 2.18. The van der Waals surface area contributed by atoms with Crippen LogP contribution in [0.2, 0.25) is 0 Å². The van der Waals surface area contributed by atoms with Gasteiger partial charge in [-0.05, 0) is 84.1 Å². The summed E-state index contributed by atoms with van der Waals surface area (Å²) in [5.41, 5.74) is 1.30. The minimum absolute atomic E-state index is 0.153. The highest BCUT2D eigenvalue weighted by Gasteiger charge is 2.08. The maximum Gasteiger partial charge on any atom is 0.255 e. The number of rotatable bonds is 5. The molecular weight excluding hydrogens is 479 g/mol. The first-order valence-electron chi connectivity index (χ1n) is 8.91. The Morgan fingerprint density at radius 3 is 2.48 bits per heavy atom. The highest BCUT2D eigenvalue weighted by atomic mass is 127. The van der Waals surface area contributed by atoms with Crippen molar-refractivity contribution in [3.05, 3.63) is 94.1 Å². The minimum atomic E-state index is -0.153. The van der Waals surface area contributed by atoms with Crippen LogP contribution in [0.3, 0.4) is 0 Å². The Balaban J connectivity index is 1.47. The van der Waals surface area contributed by atoms with E-state index < -0.39 is 0 Å². The highest BCUT2D eigenvalue weighted by molar-refractivity contribution is 14.1. The average Bonchev–Trinajstić information content (AvgIpc) is 3.24. The number of hydrogen-bond donors (Lipinski definition) is 1. The molecule has 4 rings (SSSR count). The van der Waals surface area contributed by atoms with Crippen molar-refractivity contribution in [1.29, 1.82) is 0 Å². The number of nitrogens with one attached hydrogen (secondary N) is 1. The third-order valence-electron chi connectivity index (χ3n) is 4.09. The molecule has 0 spiro atoms. The van der Waals surface area contributed by atoms with Gasteiger partial charge in [0, 0.05) is 33.3 Å². The Bertz CT molecular complexity index is 1140. The van der Waals surface area contributed by atoms with Gasteiger partial charge in [0.25, 0.3) is 5.91 Å². The zero-order valence-electron chi connectivity index (χ0n) is 15.5. The van der Waals surface area contributed by atoms with Gasteiger partial charge in [0.1, 0.15) is 17.4 Å². The number of benzene rings is 2. The number of nitrogens with zero attached hydrogens (tertiary/aromatic N) is 3. The summed E-state index contributed by atoms with van der Waals surface area (Å²) < 4.78 is 8.79. The van der Waals surface area contributed by atoms with Crippen LogP contribution in [0, 0.1) is 10.5 Å². The van der Waals surface area contributed by atoms with Crippen LogP contribution in [0.15, 0.2) is 79.1 Å². The van der Waals surface area contributed by atoms with Gasteiger partial charge < -0.3 is 14.6 Å². The zero-order valence-corrected chi connectivity index (χ0v) is 17.7. The number of aryl methyl sites for hydroxylation is 1. The van der Waals surface area contributed by atoms with E-state index in [0.717, 1.165) is 9.39 Å². The molecule has 7 heteroatoms. The second kappa shape index (κ2) is 8.44. The Morgan fingerprint density at radius 2 is 1.76 bits per heavy atom. The van der Waals surface area contributed by atoms with Crippen LogP contribution >= 0.6 is 22.6 Å². The molecule has 0 saturated carbocycles. The number of anilines is 1. The van der Waals surface area contributed by atoms with Crippen molar-refractivity contribution < 1.29 is 9.53 Å². The number of hydrogen-bond acceptors (Lipinski definition) is 4. The van der Waals surface area contributed by atoms with Gasteiger partial charge in [-0.3, -0.25) is 4.79 Å². The fourth-order valence-corrected chi connectivity index (χ4v) is 3.30. The lowest BCUT2D eigenvalue weighted by atomic mass is 10.2. The lowest BCUT2D eigenvalue weighted by molar-refractivity contribution is 0.102. The monoisotopic (exact) mass is 496 g/mol. The molecule has 6 nitrogen and oxygen atoms in total. The van der Waals surface area contributed by atoms with Gasteiger partial charge in [0.05, 0.1) is 0 Å². The Kier molecular flexibility index (Phi) is 5.57. The van der Waals surface area contributed by atoms with Crippen LogP contribution in [0.25, 0.3) is 5.82 Å². The van der Waals surface area contributed by atoms with Crippen molar-refractivity contribution in [2.24, 2.45) is 0 Å². The molecule has 4 aromatic rings. The van der Waals surface area contributed by atoms with Crippen molar-refractivity contribution in [2.45, 2.75) is 6.92 Å². The summed E-state index contributed by atoms with van der Waals surface area (Å²) in [6.45, 7) is 1.82. The summed E-state index contributed by atoms with van der Waals surface area (Å²) in [5.74, 6) is 2.28. The molecule has 0 fully saturated rings. The van der Waals surface area contributed by atoms with Crippen molar-refractivity contribution in [2.75, 3.05) is 5.32 Å². The number of aromatic nitrogens is 3. The third-order valence-corrected chi connectivity index (χ3v) is 4.76. The van der Waals surface area contributed by atoms with E-state index in [1.807, 2.05) is 54.2 Å². The molecule has 0 unspecified atom stereocenters. The van der Waals surface area contributed by atoms with E-state index in [1.54, 1.807) is 36.4 Å². The lowest BCUT2D eigenvalue weighted by Gasteiger charge is -2.10. The molecule has 29 heavy (non-hydrogen) atoms. The number of amides is 1. The Morgan fingerprint density at radius 1 is 1.00 bits per heavy atom. The summed E-state index contributed by atoms with van der Waals surface area (Å²) in [5, 5.41) is 2.89. The molecule has 144 valence electrons. The van der Waals surface area contributed by atoms with Crippen LogP contribution < -0.4 is 10.1 Å². The zero-order chi connectivity index (χ0) is 20.2. The second-order valence-electron chi connectivity index (χ2n) is 6.29. The SMILES string of the molecule is Cc1nc(Oc2ccc(NC(=O)c3cccc(I)c3)cc2)cc(-n2cccc2)n1. The standard InChI is InChI=1S/C22H17IN4O2/c1-15-24-20(27-11-2-3-12-27)14-21(25-15)29-19-9-7-18(8-10-19)26-22(28)16-5-4-6-17(23)13-16/h2-14H,1H3,(H,26,28). The van der Waals surface area contributed by atoms with Crippen molar-refractivity contribution >= 4 is 34.2 Å². The highest BCUT2D eigenvalue weighted by Crippen LogP contribution is 2.23. The fraction of sp³-hybridized carbons (Fsp3) is 0.0455. The van der Waals surface area contributed by atoms with E-state index in [1.165, 1.54) is 0 Å². The van der Waals surface area contributed by atoms with Crippen molar-refractivity contribution in [3.8, 4) is 17.4 Å². The average molecular weight is 496 g/mol. The number of ether oxygens (including phenoxy) is 1. The number of carbonyl (C=O) groups excluding carboxylic acids is 1. The van der Waals surface area contributed by atoms with Gasteiger partial charge in [0.15, 0.2) is 0 Å². The minimum Gasteiger partial charge on any atom is -0.439 e. The molecule has 2 aromatic heterocycles. The van der Waals surface area contributed by atoms with Gasteiger partial charge in [-0.25, -0.2) is 4.98 Å². The second-order valence-corrected chi connectivity index (χ2v) is 7.54. The van der Waals surface area contributed by atoms with Crippen LogP contribution in [-0.4, -0.2) is 20.4 Å². The molecule has 0 radical (unpaired) electrons. The largest absolute Gasteiger partial charge is 0.439 e. The van der Waals surface area contributed by atoms with E-state index in [2.05, 4.69) is 37.9 Å². The molecule has 2 aromatic carbocycles. The van der Waals surface area contributed by atoms with Gasteiger partial charge in [-0.1, -0.05) is 6.07 Å². The summed E-state index contributed by atoms with van der Waals surface area (Å²) in [6.07, 6.45) is 3.83. The molecule has 0 atom stereocenters. The van der Waals surface area contributed by atoms with Gasteiger partial charge >= 0.3 is 0 Å². The maximum atomic E-state index is 12.4. The lowest BCUT2D eigenvalue weighted by Crippen LogP contribution is -2.11. The predicted molar refractivity (Wildman–Crippen MR) is 120 cm³/mol. The van der Waals surface area contributed by atoms with Gasteiger partial charge in [-0.15, -0.1) is 0 Å². The third kappa shape index (κ3) is 4.80. The maximum absolute atomic E-state index is 12.4. The predicted octanol–water partition coefficient (Wildman–Crippen LogP) is 5.22. The summed E-state index contributed by atoms with van der Waals surface area (Å²) in [7, 11) is 0. The summed E-state index contributed by atoms with van der Waals surface area (Å²) in [4.78, 5) is 21.1. The van der Waals surface area contributed by atoms with E-state index in [-0.39, 0.29) is 5.91 Å². The molecule has 0 bridgehead atoms. The van der Waals surface area contributed by atoms with E-state index in [0.29, 0.717) is 28.7 Å². The first kappa shape index (κ1) is 19.1. The smallest absolute Gasteiger partial charge is 0.255 e. The Labute approximate surface area is 181 Å². The van der Waals surface area contributed by atoms with E-state index in [9.17, 15) is 4.79 Å². The fourth-order valence-electron chi connectivity index (χ4n) is 2.76. The molecule has 0 aliphatic carbocycles. The summed E-state index contributed by atoms with van der Waals surface area (Å²) in [6, 6.07) is 20.2. The molecule has 0 aliphatic heterocycles. The molecule has 0 aliphatic rings. The molecule has 1 amide bonds. The first-order valence-corrected chi connectivity index (χ1v) is 9.98. The van der Waals surface area contributed by atoms with Crippen LogP contribution in [0.5, 0.6) is 11.6 Å². The number of halogens is 1. The molecule has 0 saturated heterocycles. The van der Waals surface area contributed by atoms with E-state index >= 15 is 0 Å². The normalized spacial score (nSPS) is 10.6. The van der Waals surface area contributed by atoms with Gasteiger partial charge in [-0.2, -0.15) is 4.98 Å². The van der Waals surface area contributed by atoms with Crippen LogP contribution in [0.1, 0.15) is 16.2 Å². The van der Waals surface area contributed by atoms with E-state index in [4.69, 9.17) is 4.74 Å². The molecule has 2 heterocycles. The Hall–Kier alpha value is -3.20. The van der Waals surface area contributed by atoms with Crippen molar-refractivity contribution in [1.82, 2.24) is 14.5 Å². The topological polar surface area (TPSA) is 69.0 Å². The molecule has 1 N–H and O–H groups in total. The molecular formula is C22H17IN4O2. The first-order chi connectivity index (χ1) is 14.1.